The molecule has 0 saturated heterocycles. The molecule has 0 radical (unpaired) electrons. The molecule has 3 aromatic carbocycles. The Balaban J connectivity index is 2.26. The summed E-state index contributed by atoms with van der Waals surface area (Å²) in [5.74, 6) is 0. The van der Waals surface area contributed by atoms with Gasteiger partial charge in [-0.1, -0.05) is 42.5 Å². The minimum absolute atomic E-state index is 0.778. The largest absolute Gasteiger partial charge is 0.398 e. The van der Waals surface area contributed by atoms with Crippen LogP contribution in [0.3, 0.4) is 0 Å². The van der Waals surface area contributed by atoms with Crippen LogP contribution in [0.2, 0.25) is 0 Å². The molecule has 1 heterocycles. The fourth-order valence-electron chi connectivity index (χ4n) is 2.61. The molecule has 0 atom stereocenters. The molecular weight excluding hydrogens is 232 g/mol. The van der Waals surface area contributed by atoms with Gasteiger partial charge >= 0.3 is 0 Å². The number of hydrogen-bond donors (Lipinski definition) is 1. The van der Waals surface area contributed by atoms with Gasteiger partial charge in [0, 0.05) is 21.8 Å². The third-order valence-electron chi connectivity index (χ3n) is 3.58. The molecule has 0 saturated carbocycles. The number of rotatable bonds is 0. The molecule has 1 aromatic heterocycles. The van der Waals surface area contributed by atoms with Crippen LogP contribution in [0.4, 0.5) is 5.69 Å². The summed E-state index contributed by atoms with van der Waals surface area (Å²) in [7, 11) is 0. The van der Waals surface area contributed by atoms with Crippen molar-refractivity contribution in [1.29, 1.82) is 0 Å². The highest BCUT2D eigenvalue weighted by Gasteiger charge is 2.05. The Hall–Kier alpha value is -2.61. The van der Waals surface area contributed by atoms with Crippen molar-refractivity contribution >= 4 is 38.3 Å². The predicted octanol–water partition coefficient (Wildman–Crippen LogP) is 4.12. The maximum absolute atomic E-state index is 6.02. The fourth-order valence-corrected chi connectivity index (χ4v) is 2.61. The van der Waals surface area contributed by atoms with Gasteiger partial charge in [-0.15, -0.1) is 0 Å². The summed E-state index contributed by atoms with van der Waals surface area (Å²) in [5.41, 5.74) is 8.78. The summed E-state index contributed by atoms with van der Waals surface area (Å²) in [6.45, 7) is 0. The van der Waals surface area contributed by atoms with Gasteiger partial charge in [-0.05, 0) is 23.6 Å². The van der Waals surface area contributed by atoms with Crippen molar-refractivity contribution in [1.82, 2.24) is 4.98 Å². The number of anilines is 1. The van der Waals surface area contributed by atoms with Gasteiger partial charge in [-0.3, -0.25) is 0 Å². The zero-order chi connectivity index (χ0) is 12.8. The molecule has 90 valence electrons. The molecule has 4 rings (SSSR count). The number of nitrogens with zero attached hydrogens (tertiary/aromatic N) is 1. The van der Waals surface area contributed by atoms with E-state index in [1.165, 1.54) is 10.8 Å². The molecule has 0 aliphatic rings. The summed E-state index contributed by atoms with van der Waals surface area (Å²) < 4.78 is 0. The van der Waals surface area contributed by atoms with Gasteiger partial charge < -0.3 is 5.73 Å². The third kappa shape index (κ3) is 1.47. The lowest BCUT2D eigenvalue weighted by molar-refractivity contribution is 1.51. The Morgan fingerprint density at radius 1 is 0.737 bits per heavy atom. The average molecular weight is 244 g/mol. The van der Waals surface area contributed by atoms with Crippen LogP contribution in [-0.2, 0) is 0 Å². The molecule has 0 amide bonds. The van der Waals surface area contributed by atoms with Crippen molar-refractivity contribution in [2.24, 2.45) is 0 Å². The molecule has 2 heteroatoms. The van der Waals surface area contributed by atoms with E-state index in [1.54, 1.807) is 0 Å². The van der Waals surface area contributed by atoms with Gasteiger partial charge in [-0.2, -0.15) is 0 Å². The number of aromatic nitrogens is 1. The van der Waals surface area contributed by atoms with Crippen molar-refractivity contribution < 1.29 is 0 Å². The molecule has 2 N–H and O–H groups in total. The van der Waals surface area contributed by atoms with Crippen LogP contribution in [0, 0.1) is 0 Å². The van der Waals surface area contributed by atoms with E-state index < -0.39 is 0 Å². The molecule has 0 bridgehead atoms. The molecule has 0 fully saturated rings. The second-order valence-electron chi connectivity index (χ2n) is 4.76. The molecular formula is C17H12N2. The molecule has 0 spiro atoms. The predicted molar refractivity (Wildman–Crippen MR) is 81.2 cm³/mol. The summed E-state index contributed by atoms with van der Waals surface area (Å²) in [5, 5.41) is 4.55. The van der Waals surface area contributed by atoms with Gasteiger partial charge in [0.2, 0.25) is 0 Å². The number of benzene rings is 3. The van der Waals surface area contributed by atoms with E-state index in [0.29, 0.717) is 0 Å². The molecule has 0 aliphatic heterocycles. The summed E-state index contributed by atoms with van der Waals surface area (Å²) in [6, 6.07) is 20.6. The maximum atomic E-state index is 6.02. The van der Waals surface area contributed by atoms with E-state index in [2.05, 4.69) is 30.3 Å². The van der Waals surface area contributed by atoms with Crippen molar-refractivity contribution in [2.45, 2.75) is 0 Å². The first-order valence-corrected chi connectivity index (χ1v) is 6.30. The van der Waals surface area contributed by atoms with Crippen LogP contribution in [0.25, 0.3) is 32.6 Å². The standard InChI is InChI=1S/C17H12N2/c18-15-6-3-7-16-14(15)10-12-9-8-11-4-1-2-5-13(11)17(12)19-16/h1-10H,18H2. The highest BCUT2D eigenvalue weighted by Crippen LogP contribution is 2.28. The SMILES string of the molecule is Nc1cccc2nc3c(ccc4ccccc43)cc12. The Morgan fingerprint density at radius 2 is 1.58 bits per heavy atom. The summed E-state index contributed by atoms with van der Waals surface area (Å²) in [4.78, 5) is 4.79. The molecule has 0 unspecified atom stereocenters. The second kappa shape index (κ2) is 3.69. The van der Waals surface area contributed by atoms with Crippen LogP contribution in [0.5, 0.6) is 0 Å². The van der Waals surface area contributed by atoms with E-state index >= 15 is 0 Å². The lowest BCUT2D eigenvalue weighted by atomic mass is 10.0. The zero-order valence-corrected chi connectivity index (χ0v) is 10.3. The highest BCUT2D eigenvalue weighted by atomic mass is 14.7. The van der Waals surface area contributed by atoms with E-state index in [9.17, 15) is 0 Å². The second-order valence-corrected chi connectivity index (χ2v) is 4.76. The van der Waals surface area contributed by atoms with Gasteiger partial charge in [0.05, 0.1) is 11.0 Å². The van der Waals surface area contributed by atoms with Crippen LogP contribution >= 0.6 is 0 Å². The Labute approximate surface area is 110 Å². The van der Waals surface area contributed by atoms with Crippen LogP contribution < -0.4 is 5.73 Å². The summed E-state index contributed by atoms with van der Waals surface area (Å²) in [6.07, 6.45) is 0. The minimum atomic E-state index is 0.778. The minimum Gasteiger partial charge on any atom is -0.398 e. The van der Waals surface area contributed by atoms with Crippen LogP contribution in [0.1, 0.15) is 0 Å². The molecule has 0 aliphatic carbocycles. The average Bonchev–Trinajstić information content (AvgIpc) is 2.46. The van der Waals surface area contributed by atoms with Gasteiger partial charge in [0.15, 0.2) is 0 Å². The van der Waals surface area contributed by atoms with Gasteiger partial charge in [-0.25, -0.2) is 4.98 Å². The first kappa shape index (κ1) is 10.3. The first-order chi connectivity index (χ1) is 9.33. The van der Waals surface area contributed by atoms with E-state index in [0.717, 1.165) is 27.5 Å². The number of nitrogen functional groups attached to an aromatic ring is 1. The lowest BCUT2D eigenvalue weighted by Crippen LogP contribution is -1.89. The Bertz CT molecular complexity index is 926. The van der Waals surface area contributed by atoms with E-state index in [4.69, 9.17) is 10.7 Å². The third-order valence-corrected chi connectivity index (χ3v) is 3.58. The maximum Gasteiger partial charge on any atom is 0.0788 e. The quantitative estimate of drug-likeness (QED) is 0.287. The van der Waals surface area contributed by atoms with Crippen LogP contribution in [-0.4, -0.2) is 4.98 Å². The number of hydrogen-bond acceptors (Lipinski definition) is 2. The van der Waals surface area contributed by atoms with Gasteiger partial charge in [0.1, 0.15) is 0 Å². The van der Waals surface area contributed by atoms with Crippen LogP contribution in [0.15, 0.2) is 60.7 Å². The first-order valence-electron chi connectivity index (χ1n) is 6.30. The van der Waals surface area contributed by atoms with E-state index in [1.807, 2.05) is 30.3 Å². The zero-order valence-electron chi connectivity index (χ0n) is 10.3. The van der Waals surface area contributed by atoms with Crippen molar-refractivity contribution in [2.75, 3.05) is 5.73 Å². The highest BCUT2D eigenvalue weighted by molar-refractivity contribution is 6.09. The lowest BCUT2D eigenvalue weighted by Gasteiger charge is -2.06. The number of fused-ring (bicyclic) bond motifs is 4. The smallest absolute Gasteiger partial charge is 0.0788 e. The topological polar surface area (TPSA) is 38.9 Å². The number of nitrogens with two attached hydrogens (primary N) is 1. The normalized spacial score (nSPS) is 11.4. The molecule has 19 heavy (non-hydrogen) atoms. The Morgan fingerprint density at radius 3 is 2.53 bits per heavy atom. The van der Waals surface area contributed by atoms with Crippen molar-refractivity contribution in [3.05, 3.63) is 60.7 Å². The van der Waals surface area contributed by atoms with E-state index in [-0.39, 0.29) is 0 Å². The monoisotopic (exact) mass is 244 g/mol. The van der Waals surface area contributed by atoms with Crippen molar-refractivity contribution in [3.63, 3.8) is 0 Å². The summed E-state index contributed by atoms with van der Waals surface area (Å²) >= 11 is 0. The number of pyridine rings is 1. The molecule has 2 nitrogen and oxygen atoms in total. The Kier molecular flexibility index (Phi) is 2.00. The van der Waals surface area contributed by atoms with Crippen molar-refractivity contribution in [3.8, 4) is 0 Å². The fraction of sp³-hybridized carbons (Fsp3) is 0. The van der Waals surface area contributed by atoms with Gasteiger partial charge in [0.25, 0.3) is 0 Å². The molecule has 4 aromatic rings.